The Kier molecular flexibility index (Phi) is 4.19. The van der Waals surface area contributed by atoms with E-state index in [9.17, 15) is 0 Å². The quantitative estimate of drug-likeness (QED) is 0.690. The maximum atomic E-state index is 6.08. The third kappa shape index (κ3) is 2.67. The van der Waals surface area contributed by atoms with E-state index >= 15 is 0 Å². The standard InChI is InChI=1S/C15H15Br2N3O/c1-3-18-13(14-11(17)8-19-20(14)2)12-7-9-5-4-6-10(16)15(9)21-12/h4-8,13,18H,3H2,1-2H3. The molecule has 0 fully saturated rings. The smallest absolute Gasteiger partial charge is 0.148 e. The van der Waals surface area contributed by atoms with Gasteiger partial charge in [-0.05, 0) is 50.5 Å². The Morgan fingerprint density at radius 1 is 1.33 bits per heavy atom. The second-order valence-electron chi connectivity index (χ2n) is 4.80. The summed E-state index contributed by atoms with van der Waals surface area (Å²) in [5, 5.41) is 8.84. The van der Waals surface area contributed by atoms with Crippen LogP contribution in [0.15, 0.2) is 43.8 Å². The highest BCUT2D eigenvalue weighted by Gasteiger charge is 2.23. The number of furan rings is 1. The van der Waals surface area contributed by atoms with Gasteiger partial charge in [0.15, 0.2) is 0 Å². The van der Waals surface area contributed by atoms with Crippen LogP contribution in [0.5, 0.6) is 0 Å². The number of para-hydroxylation sites is 1. The molecule has 2 heterocycles. The zero-order valence-corrected chi connectivity index (χ0v) is 14.9. The minimum atomic E-state index is -0.0452. The van der Waals surface area contributed by atoms with Crippen molar-refractivity contribution in [3.8, 4) is 0 Å². The van der Waals surface area contributed by atoms with Crippen molar-refractivity contribution in [3.63, 3.8) is 0 Å². The Morgan fingerprint density at radius 3 is 2.76 bits per heavy atom. The van der Waals surface area contributed by atoms with Gasteiger partial charge in [-0.2, -0.15) is 5.10 Å². The number of hydrogen-bond acceptors (Lipinski definition) is 3. The summed E-state index contributed by atoms with van der Waals surface area (Å²) < 4.78 is 9.87. The highest BCUT2D eigenvalue weighted by molar-refractivity contribution is 9.11. The number of hydrogen-bond donors (Lipinski definition) is 1. The van der Waals surface area contributed by atoms with Gasteiger partial charge in [-0.3, -0.25) is 4.68 Å². The normalized spacial score (nSPS) is 13.0. The summed E-state index contributed by atoms with van der Waals surface area (Å²) in [5.74, 6) is 0.878. The molecule has 1 unspecified atom stereocenters. The van der Waals surface area contributed by atoms with E-state index in [1.54, 1.807) is 6.20 Å². The van der Waals surface area contributed by atoms with Crippen molar-refractivity contribution in [1.29, 1.82) is 0 Å². The molecule has 1 aromatic carbocycles. The second-order valence-corrected chi connectivity index (χ2v) is 6.51. The van der Waals surface area contributed by atoms with Gasteiger partial charge in [0.2, 0.25) is 0 Å². The molecule has 3 rings (SSSR count). The zero-order valence-electron chi connectivity index (χ0n) is 11.7. The highest BCUT2D eigenvalue weighted by atomic mass is 79.9. The van der Waals surface area contributed by atoms with Crippen LogP contribution < -0.4 is 5.32 Å². The minimum absolute atomic E-state index is 0.0452. The summed E-state index contributed by atoms with van der Waals surface area (Å²) >= 11 is 7.10. The summed E-state index contributed by atoms with van der Waals surface area (Å²) in [5.41, 5.74) is 1.92. The molecule has 0 amide bonds. The summed E-state index contributed by atoms with van der Waals surface area (Å²) in [7, 11) is 1.93. The van der Waals surface area contributed by atoms with Crippen LogP contribution in [-0.2, 0) is 7.05 Å². The fourth-order valence-corrected chi connectivity index (χ4v) is 3.51. The number of nitrogens with one attached hydrogen (secondary N) is 1. The van der Waals surface area contributed by atoms with Gasteiger partial charge in [0.1, 0.15) is 17.4 Å². The van der Waals surface area contributed by atoms with E-state index in [0.717, 1.165) is 37.9 Å². The molecule has 0 aliphatic heterocycles. The Morgan fingerprint density at radius 2 is 2.14 bits per heavy atom. The first-order chi connectivity index (χ1) is 10.1. The lowest BCUT2D eigenvalue weighted by Gasteiger charge is -2.16. The molecule has 0 aliphatic rings. The molecule has 6 heteroatoms. The van der Waals surface area contributed by atoms with Gasteiger partial charge in [-0.25, -0.2) is 0 Å². The van der Waals surface area contributed by atoms with Crippen molar-refractivity contribution in [2.75, 3.05) is 6.54 Å². The Hall–Kier alpha value is -1.11. The van der Waals surface area contributed by atoms with E-state index in [4.69, 9.17) is 4.42 Å². The second kappa shape index (κ2) is 5.94. The third-order valence-corrected chi connectivity index (χ3v) is 4.65. The molecule has 0 saturated heterocycles. The lowest BCUT2D eigenvalue weighted by Crippen LogP contribution is -2.24. The molecule has 21 heavy (non-hydrogen) atoms. The molecule has 0 radical (unpaired) electrons. The predicted octanol–water partition coefficient (Wildman–Crippen LogP) is 4.39. The van der Waals surface area contributed by atoms with Gasteiger partial charge in [0.05, 0.1) is 20.8 Å². The maximum absolute atomic E-state index is 6.08. The first kappa shape index (κ1) is 14.8. The number of nitrogens with zero attached hydrogens (tertiary/aromatic N) is 2. The SMILES string of the molecule is CCNC(c1cc2cccc(Br)c2o1)c1c(Br)cnn1C. The average molecular weight is 413 g/mol. The summed E-state index contributed by atoms with van der Waals surface area (Å²) in [4.78, 5) is 0. The van der Waals surface area contributed by atoms with Crippen molar-refractivity contribution >= 4 is 42.8 Å². The van der Waals surface area contributed by atoms with E-state index in [1.807, 2.05) is 29.9 Å². The van der Waals surface area contributed by atoms with Crippen molar-refractivity contribution < 1.29 is 4.42 Å². The first-order valence-electron chi connectivity index (χ1n) is 6.70. The molecular weight excluding hydrogens is 398 g/mol. The van der Waals surface area contributed by atoms with Crippen molar-refractivity contribution in [2.24, 2.45) is 7.05 Å². The molecule has 0 bridgehead atoms. The number of fused-ring (bicyclic) bond motifs is 1. The van der Waals surface area contributed by atoms with Crippen LogP contribution in [-0.4, -0.2) is 16.3 Å². The largest absolute Gasteiger partial charge is 0.458 e. The molecule has 4 nitrogen and oxygen atoms in total. The van der Waals surface area contributed by atoms with E-state index in [1.165, 1.54) is 0 Å². The summed E-state index contributed by atoms with van der Waals surface area (Å²) in [6, 6.07) is 8.07. The van der Waals surface area contributed by atoms with Crippen molar-refractivity contribution in [2.45, 2.75) is 13.0 Å². The maximum Gasteiger partial charge on any atom is 0.148 e. The Bertz CT molecular complexity index is 759. The molecule has 0 saturated carbocycles. The predicted molar refractivity (Wildman–Crippen MR) is 90.3 cm³/mol. The molecular formula is C15H15Br2N3O. The third-order valence-electron chi connectivity index (χ3n) is 3.42. The number of benzene rings is 1. The minimum Gasteiger partial charge on any atom is -0.458 e. The van der Waals surface area contributed by atoms with Crippen LogP contribution in [0.25, 0.3) is 11.0 Å². The molecule has 110 valence electrons. The van der Waals surface area contributed by atoms with E-state index < -0.39 is 0 Å². The van der Waals surface area contributed by atoms with Crippen LogP contribution in [0, 0.1) is 0 Å². The van der Waals surface area contributed by atoms with Crippen LogP contribution in [0.4, 0.5) is 0 Å². The van der Waals surface area contributed by atoms with Gasteiger partial charge in [-0.15, -0.1) is 0 Å². The highest BCUT2D eigenvalue weighted by Crippen LogP contribution is 2.34. The lowest BCUT2D eigenvalue weighted by molar-refractivity contribution is 0.457. The fraction of sp³-hybridized carbons (Fsp3) is 0.267. The van der Waals surface area contributed by atoms with Gasteiger partial charge < -0.3 is 9.73 Å². The topological polar surface area (TPSA) is 43.0 Å². The van der Waals surface area contributed by atoms with Gasteiger partial charge >= 0.3 is 0 Å². The molecule has 3 aromatic rings. The summed E-state index contributed by atoms with van der Waals surface area (Å²) in [6.07, 6.45) is 1.80. The van der Waals surface area contributed by atoms with Crippen LogP contribution in [0.1, 0.15) is 24.4 Å². The number of halogens is 2. The Labute approximate surface area is 139 Å². The van der Waals surface area contributed by atoms with Crippen molar-refractivity contribution in [3.05, 3.63) is 50.9 Å². The monoisotopic (exact) mass is 411 g/mol. The van der Waals surface area contributed by atoms with Gasteiger partial charge in [-0.1, -0.05) is 19.1 Å². The zero-order chi connectivity index (χ0) is 15.0. The number of rotatable bonds is 4. The molecule has 0 aliphatic carbocycles. The van der Waals surface area contributed by atoms with Crippen LogP contribution in [0.3, 0.4) is 0 Å². The van der Waals surface area contributed by atoms with Gasteiger partial charge in [0.25, 0.3) is 0 Å². The van der Waals surface area contributed by atoms with Crippen LogP contribution in [0.2, 0.25) is 0 Å². The molecule has 0 spiro atoms. The summed E-state index contributed by atoms with van der Waals surface area (Å²) in [6.45, 7) is 2.91. The molecule has 1 N–H and O–H groups in total. The average Bonchev–Trinajstić information content (AvgIpc) is 3.02. The molecule has 2 aromatic heterocycles. The van der Waals surface area contributed by atoms with Crippen molar-refractivity contribution in [1.82, 2.24) is 15.1 Å². The van der Waals surface area contributed by atoms with E-state index in [2.05, 4.69) is 55.3 Å². The number of aryl methyl sites for hydroxylation is 1. The van der Waals surface area contributed by atoms with Gasteiger partial charge in [0, 0.05) is 12.4 Å². The first-order valence-corrected chi connectivity index (χ1v) is 8.29. The van der Waals surface area contributed by atoms with E-state index in [0.29, 0.717) is 0 Å². The molecule has 1 atom stereocenters. The Balaban J connectivity index is 2.14. The fourth-order valence-electron chi connectivity index (χ4n) is 2.47. The van der Waals surface area contributed by atoms with E-state index in [-0.39, 0.29) is 6.04 Å². The number of aromatic nitrogens is 2. The lowest BCUT2D eigenvalue weighted by atomic mass is 10.1. The van der Waals surface area contributed by atoms with Crippen LogP contribution >= 0.6 is 31.9 Å².